The number of ether oxygens (including phenoxy) is 3. The number of aliphatic hydroxyl groups excluding tert-OH is 2. The van der Waals surface area contributed by atoms with Crippen molar-refractivity contribution in [3.63, 3.8) is 0 Å². The molecule has 5 N–H and O–H groups in total. The third kappa shape index (κ3) is 8.18. The average molecular weight is 569 g/mol. The predicted molar refractivity (Wildman–Crippen MR) is 130 cm³/mol. The summed E-state index contributed by atoms with van der Waals surface area (Å²) in [5, 5.41) is 27.8. The summed E-state index contributed by atoms with van der Waals surface area (Å²) in [6, 6.07) is -2.42. The number of nitrogens with one attached hydrogen (secondary N) is 3. The van der Waals surface area contributed by atoms with Crippen LogP contribution in [0.4, 0.5) is 4.39 Å². The molecule has 0 spiro atoms. The van der Waals surface area contributed by atoms with Crippen molar-refractivity contribution >= 4 is 25.5 Å². The number of halogens is 1. The van der Waals surface area contributed by atoms with Crippen molar-refractivity contribution in [3.8, 4) is 0 Å². The van der Waals surface area contributed by atoms with Crippen LogP contribution in [0.15, 0.2) is 12.3 Å². The molecule has 2 heterocycles. The third-order valence-corrected chi connectivity index (χ3v) is 7.48. The molecule has 0 aromatic heterocycles. The van der Waals surface area contributed by atoms with Gasteiger partial charge >= 0.3 is 19.6 Å². The molecular weight excluding hydrogens is 530 g/mol. The molecule has 2 aliphatic heterocycles. The molecule has 1 saturated heterocycles. The molecule has 0 bridgehead atoms. The van der Waals surface area contributed by atoms with E-state index in [1.165, 1.54) is 27.0 Å². The molecule has 0 aromatic carbocycles. The Morgan fingerprint density at radius 3 is 2.08 bits per heavy atom. The Balaban J connectivity index is 2.22. The summed E-state index contributed by atoms with van der Waals surface area (Å²) in [7, 11) is -4.41. The van der Waals surface area contributed by atoms with Gasteiger partial charge in [-0.2, -0.15) is 0 Å². The van der Waals surface area contributed by atoms with Crippen LogP contribution in [0.25, 0.3) is 0 Å². The summed E-state index contributed by atoms with van der Waals surface area (Å²) in [4.78, 5) is 37.1. The molecule has 0 radical (unpaired) electrons. The van der Waals surface area contributed by atoms with Gasteiger partial charge < -0.3 is 34.6 Å². The van der Waals surface area contributed by atoms with E-state index in [0.717, 1.165) is 11.0 Å². The Labute approximate surface area is 220 Å². The molecule has 14 nitrogen and oxygen atoms in total. The van der Waals surface area contributed by atoms with E-state index in [1.54, 1.807) is 27.7 Å². The lowest BCUT2D eigenvalue weighted by Gasteiger charge is -2.36. The number of hydrogen-bond acceptors (Lipinski definition) is 11. The molecule has 1 amide bonds. The van der Waals surface area contributed by atoms with Crippen molar-refractivity contribution in [3.05, 3.63) is 12.3 Å². The number of aliphatic hydroxyl groups is 2. The van der Waals surface area contributed by atoms with Gasteiger partial charge in [0, 0.05) is 18.2 Å². The number of rotatable bonds is 12. The van der Waals surface area contributed by atoms with E-state index >= 15 is 4.39 Å². The van der Waals surface area contributed by atoms with E-state index < -0.39 is 86.9 Å². The van der Waals surface area contributed by atoms with Crippen LogP contribution in [0, 0.1) is 5.92 Å². The Morgan fingerprint density at radius 1 is 1.13 bits per heavy atom. The molecule has 1 fully saturated rings. The van der Waals surface area contributed by atoms with Crippen LogP contribution in [0.5, 0.6) is 0 Å². The molecule has 2 aliphatic rings. The molecule has 218 valence electrons. The van der Waals surface area contributed by atoms with Crippen molar-refractivity contribution in [2.45, 2.75) is 97.3 Å². The largest absolute Gasteiger partial charge is 0.462 e. The van der Waals surface area contributed by atoms with E-state index in [4.69, 9.17) is 18.7 Å². The molecule has 2 rings (SSSR count). The highest BCUT2D eigenvalue weighted by molar-refractivity contribution is 7.54. The number of hydrogen-bond donors (Lipinski definition) is 5. The zero-order chi connectivity index (χ0) is 29.0. The van der Waals surface area contributed by atoms with Crippen molar-refractivity contribution in [2.24, 2.45) is 5.92 Å². The predicted octanol–water partition coefficient (Wildman–Crippen LogP) is 0.211. The Morgan fingerprint density at radius 2 is 1.63 bits per heavy atom. The number of nitrogens with zero attached hydrogens (tertiary/aromatic N) is 1. The van der Waals surface area contributed by atoms with Crippen LogP contribution in [0.2, 0.25) is 0 Å². The first-order chi connectivity index (χ1) is 17.5. The monoisotopic (exact) mass is 568 g/mol. The second-order valence-corrected chi connectivity index (χ2v) is 11.6. The number of carbonyl (C=O) groups is 3. The van der Waals surface area contributed by atoms with Gasteiger partial charge in [-0.15, -0.1) is 0 Å². The molecule has 16 heteroatoms. The highest BCUT2D eigenvalue weighted by Crippen LogP contribution is 2.45. The Bertz CT molecular complexity index is 919. The lowest BCUT2D eigenvalue weighted by atomic mass is 10.0. The van der Waals surface area contributed by atoms with Gasteiger partial charge in [-0.3, -0.25) is 23.5 Å². The first-order valence-corrected chi connectivity index (χ1v) is 13.8. The summed E-state index contributed by atoms with van der Waals surface area (Å²) in [5.41, 5.74) is 0. The molecule has 38 heavy (non-hydrogen) atoms. The minimum atomic E-state index is -4.41. The molecule has 0 aromatic rings. The summed E-state index contributed by atoms with van der Waals surface area (Å²) in [6.07, 6.45) is -3.29. The normalized spacial score (nSPS) is 29.4. The molecular formula is C22H38FN4O10P. The van der Waals surface area contributed by atoms with E-state index in [9.17, 15) is 29.2 Å². The highest BCUT2D eigenvalue weighted by Gasteiger charge is 2.57. The van der Waals surface area contributed by atoms with Crippen molar-refractivity contribution < 1.29 is 52.3 Å². The van der Waals surface area contributed by atoms with Crippen molar-refractivity contribution in [2.75, 3.05) is 6.61 Å². The first-order valence-electron chi connectivity index (χ1n) is 12.2. The van der Waals surface area contributed by atoms with Crippen LogP contribution >= 0.6 is 7.67 Å². The number of alkyl halides is 1. The first kappa shape index (κ1) is 32.1. The minimum absolute atomic E-state index is 0.474. The zero-order valence-corrected chi connectivity index (χ0v) is 23.3. The summed E-state index contributed by atoms with van der Waals surface area (Å²) in [5.74, 6) is -6.02. The third-order valence-electron chi connectivity index (χ3n) is 5.53. The van der Waals surface area contributed by atoms with Gasteiger partial charge in [0.15, 0.2) is 0 Å². The number of amides is 1. The van der Waals surface area contributed by atoms with Crippen LogP contribution in [0.1, 0.15) is 48.5 Å². The van der Waals surface area contributed by atoms with E-state index in [2.05, 4.69) is 15.5 Å². The van der Waals surface area contributed by atoms with Crippen LogP contribution in [0.3, 0.4) is 0 Å². The van der Waals surface area contributed by atoms with Crippen LogP contribution in [-0.2, 0) is 37.7 Å². The SMILES string of the molecule is CC(C)OC(=O)[C@H](C)NP(=O)(N[C@@H](C)C(=O)OC(C)C)OCC1(F)O[C@@H](N2C=CC(=O)NC2O)[C@@H](C)[C@@H]1O. The zero-order valence-electron chi connectivity index (χ0n) is 22.4. The lowest BCUT2D eigenvalue weighted by molar-refractivity contribution is -0.222. The topological polar surface area (TPSA) is 185 Å². The van der Waals surface area contributed by atoms with Crippen molar-refractivity contribution in [1.82, 2.24) is 20.4 Å². The maximum atomic E-state index is 15.9. The molecule has 0 aliphatic carbocycles. The van der Waals surface area contributed by atoms with Gasteiger partial charge in [0.05, 0.1) is 12.2 Å². The van der Waals surface area contributed by atoms with E-state index in [-0.39, 0.29) is 0 Å². The van der Waals surface area contributed by atoms with Gasteiger partial charge in [0.1, 0.15) is 31.0 Å². The molecule has 7 atom stereocenters. The fourth-order valence-corrected chi connectivity index (χ4v) is 5.47. The molecule has 0 saturated carbocycles. The summed E-state index contributed by atoms with van der Waals surface area (Å²) in [6.45, 7) is 9.47. The summed E-state index contributed by atoms with van der Waals surface area (Å²) < 4.78 is 50.5. The standard InChI is InChI=1S/C22H38FN4O10P/c1-11(2)35-19(30)14(6)25-38(33,26-15(7)20(31)36-12(3)4)34-10-22(23)17(29)13(5)18(37-22)27-9-8-16(28)24-21(27)32/h8-9,11-15,17-18,21,29,32H,10H2,1-7H3,(H,24,28)(H2,25,26,33)/t13-,14-,15-,17-,18+,21?,22?/m0/s1. The van der Waals surface area contributed by atoms with E-state index in [0.29, 0.717) is 0 Å². The smallest absolute Gasteiger partial charge is 0.342 e. The maximum Gasteiger partial charge on any atom is 0.342 e. The Kier molecular flexibility index (Phi) is 10.8. The van der Waals surface area contributed by atoms with Gasteiger partial charge in [-0.05, 0) is 41.5 Å². The summed E-state index contributed by atoms with van der Waals surface area (Å²) >= 11 is 0. The fourth-order valence-electron chi connectivity index (χ4n) is 3.66. The van der Waals surface area contributed by atoms with Crippen molar-refractivity contribution in [1.29, 1.82) is 0 Å². The number of carbonyl (C=O) groups excluding carboxylic acids is 3. The minimum Gasteiger partial charge on any atom is -0.462 e. The van der Waals surface area contributed by atoms with Gasteiger partial charge in [-0.1, -0.05) is 6.92 Å². The lowest BCUT2D eigenvalue weighted by Crippen LogP contribution is -2.54. The quantitative estimate of drug-likeness (QED) is 0.159. The fraction of sp³-hybridized carbons (Fsp3) is 0.773. The second kappa shape index (κ2) is 12.8. The average Bonchev–Trinajstić information content (AvgIpc) is 3.01. The van der Waals surface area contributed by atoms with Gasteiger partial charge in [0.2, 0.25) is 12.3 Å². The van der Waals surface area contributed by atoms with Crippen LogP contribution < -0.4 is 15.5 Å². The highest BCUT2D eigenvalue weighted by atomic mass is 31.2. The Hall–Kier alpha value is -2.13. The number of esters is 2. The second-order valence-electron chi connectivity index (χ2n) is 9.74. The van der Waals surface area contributed by atoms with Gasteiger partial charge in [-0.25, -0.2) is 14.6 Å². The van der Waals surface area contributed by atoms with E-state index in [1.807, 2.05) is 0 Å². The van der Waals surface area contributed by atoms with Crippen LogP contribution in [-0.4, -0.2) is 88.4 Å². The molecule has 2 unspecified atom stereocenters. The maximum absolute atomic E-state index is 15.9. The van der Waals surface area contributed by atoms with Gasteiger partial charge in [0.25, 0.3) is 5.85 Å².